The van der Waals surface area contributed by atoms with Gasteiger partial charge in [0, 0.05) is 0 Å². The lowest BCUT2D eigenvalue weighted by molar-refractivity contribution is -0.0456. The van der Waals surface area contributed by atoms with E-state index in [1.807, 2.05) is 0 Å². The van der Waals surface area contributed by atoms with E-state index in [-0.39, 0.29) is 13.3 Å². The topological polar surface area (TPSA) is 29.5 Å². The van der Waals surface area contributed by atoms with Crippen molar-refractivity contribution in [3.05, 3.63) is 0 Å². The van der Waals surface area contributed by atoms with E-state index in [2.05, 4.69) is 0 Å². The average molecular weight is 210 g/mol. The molecule has 0 aromatic carbocycles. The van der Waals surface area contributed by atoms with Crippen LogP contribution in [-0.2, 0) is 4.65 Å². The summed E-state index contributed by atoms with van der Waals surface area (Å²) in [6, 6.07) is 0. The monoisotopic (exact) mass is 210 g/mol. The molecule has 0 spiro atoms. The normalized spacial score (nSPS) is 27.5. The highest BCUT2D eigenvalue weighted by Crippen LogP contribution is 2.43. The van der Waals surface area contributed by atoms with Crippen molar-refractivity contribution in [3.63, 3.8) is 0 Å². The molecule has 2 nitrogen and oxygen atoms in total. The Morgan fingerprint density at radius 1 is 0.933 bits per heavy atom. The molecule has 86 valence electrons. The molecule has 2 fully saturated rings. The first-order chi connectivity index (χ1) is 7.37. The Labute approximate surface area is 93.7 Å². The molecule has 0 aliphatic heterocycles. The van der Waals surface area contributed by atoms with Gasteiger partial charge in [0.25, 0.3) is 0 Å². The first kappa shape index (κ1) is 11.5. The quantitative estimate of drug-likeness (QED) is 0.725. The SMILES string of the molecule is OBOC1(C2CCCCC2)CCCCC1. The third-order valence-corrected chi connectivity index (χ3v) is 4.40. The Morgan fingerprint density at radius 3 is 2.13 bits per heavy atom. The fourth-order valence-corrected chi connectivity index (χ4v) is 3.58. The van der Waals surface area contributed by atoms with Crippen molar-refractivity contribution in [3.8, 4) is 0 Å². The van der Waals surface area contributed by atoms with Crippen LogP contribution < -0.4 is 0 Å². The van der Waals surface area contributed by atoms with Gasteiger partial charge in [-0.1, -0.05) is 38.5 Å². The Hall–Kier alpha value is -0.0151. The maximum Gasteiger partial charge on any atom is 0.435 e. The second-order valence-corrected chi connectivity index (χ2v) is 5.23. The Balaban J connectivity index is 2.01. The van der Waals surface area contributed by atoms with Crippen molar-refractivity contribution in [2.24, 2.45) is 5.92 Å². The van der Waals surface area contributed by atoms with Crippen LogP contribution in [0.5, 0.6) is 0 Å². The van der Waals surface area contributed by atoms with Gasteiger partial charge in [-0.3, -0.25) is 0 Å². The molecule has 3 heteroatoms. The third kappa shape index (κ3) is 2.56. The molecule has 0 saturated heterocycles. The summed E-state index contributed by atoms with van der Waals surface area (Å²) in [6.07, 6.45) is 13.0. The molecule has 0 aromatic rings. The van der Waals surface area contributed by atoms with Crippen LogP contribution in [0.15, 0.2) is 0 Å². The molecule has 0 amide bonds. The molecular formula is C12H23BO2. The molecule has 0 bridgehead atoms. The molecule has 2 saturated carbocycles. The van der Waals surface area contributed by atoms with Crippen LogP contribution in [0.1, 0.15) is 64.2 Å². The highest BCUT2D eigenvalue weighted by molar-refractivity contribution is 6.16. The van der Waals surface area contributed by atoms with Crippen molar-refractivity contribution in [1.82, 2.24) is 0 Å². The minimum Gasteiger partial charge on any atom is -0.430 e. The van der Waals surface area contributed by atoms with Crippen LogP contribution in [0.4, 0.5) is 0 Å². The van der Waals surface area contributed by atoms with E-state index in [0.717, 1.165) is 5.92 Å². The summed E-state index contributed by atoms with van der Waals surface area (Å²) in [5.74, 6) is 0.721. The second-order valence-electron chi connectivity index (χ2n) is 5.23. The Morgan fingerprint density at radius 2 is 1.53 bits per heavy atom. The first-order valence-electron chi connectivity index (χ1n) is 6.62. The van der Waals surface area contributed by atoms with Gasteiger partial charge in [-0.2, -0.15) is 0 Å². The second kappa shape index (κ2) is 5.35. The molecular weight excluding hydrogens is 187 g/mol. The predicted octanol–water partition coefficient (Wildman–Crippen LogP) is 2.55. The minimum absolute atomic E-state index is 0.0490. The predicted molar refractivity (Wildman–Crippen MR) is 62.8 cm³/mol. The zero-order valence-corrected chi connectivity index (χ0v) is 9.71. The van der Waals surface area contributed by atoms with E-state index in [4.69, 9.17) is 9.68 Å². The van der Waals surface area contributed by atoms with Crippen molar-refractivity contribution in [2.45, 2.75) is 69.8 Å². The fraction of sp³-hybridized carbons (Fsp3) is 1.00. The zero-order chi connectivity index (χ0) is 10.6. The molecule has 1 N–H and O–H groups in total. The Kier molecular flexibility index (Phi) is 4.09. The van der Waals surface area contributed by atoms with Crippen LogP contribution in [0, 0.1) is 5.92 Å². The van der Waals surface area contributed by atoms with Gasteiger partial charge in [0.15, 0.2) is 0 Å². The molecule has 0 atom stereocenters. The smallest absolute Gasteiger partial charge is 0.430 e. The lowest BCUT2D eigenvalue weighted by Gasteiger charge is -2.45. The van der Waals surface area contributed by atoms with Crippen molar-refractivity contribution < 1.29 is 9.68 Å². The summed E-state index contributed by atoms with van der Waals surface area (Å²) in [6.45, 7) is 0. The average Bonchev–Trinajstić information content (AvgIpc) is 2.32. The van der Waals surface area contributed by atoms with E-state index >= 15 is 0 Å². The zero-order valence-electron chi connectivity index (χ0n) is 9.71. The highest BCUT2D eigenvalue weighted by atomic mass is 16.5. The van der Waals surface area contributed by atoms with E-state index in [1.165, 1.54) is 64.2 Å². The molecule has 0 aromatic heterocycles. The van der Waals surface area contributed by atoms with Crippen LogP contribution in [-0.4, -0.2) is 18.3 Å². The fourth-order valence-electron chi connectivity index (χ4n) is 3.58. The summed E-state index contributed by atoms with van der Waals surface area (Å²) >= 11 is 0. The third-order valence-electron chi connectivity index (χ3n) is 4.40. The van der Waals surface area contributed by atoms with Gasteiger partial charge >= 0.3 is 7.69 Å². The van der Waals surface area contributed by atoms with E-state index < -0.39 is 0 Å². The van der Waals surface area contributed by atoms with Crippen LogP contribution in [0.3, 0.4) is 0 Å². The highest BCUT2D eigenvalue weighted by Gasteiger charge is 2.40. The maximum absolute atomic E-state index is 9.09. The maximum atomic E-state index is 9.09. The van der Waals surface area contributed by atoms with Gasteiger partial charge in [0.1, 0.15) is 0 Å². The summed E-state index contributed by atoms with van der Waals surface area (Å²) in [4.78, 5) is 0. The van der Waals surface area contributed by atoms with Gasteiger partial charge < -0.3 is 9.68 Å². The lowest BCUT2D eigenvalue weighted by atomic mass is 9.69. The number of hydrogen-bond donors (Lipinski definition) is 1. The number of hydrogen-bond acceptors (Lipinski definition) is 2. The molecule has 0 heterocycles. The van der Waals surface area contributed by atoms with Gasteiger partial charge in [-0.25, -0.2) is 0 Å². The van der Waals surface area contributed by atoms with Gasteiger partial charge in [-0.05, 0) is 31.6 Å². The molecule has 15 heavy (non-hydrogen) atoms. The summed E-state index contributed by atoms with van der Waals surface area (Å²) < 4.78 is 5.77. The van der Waals surface area contributed by atoms with Crippen LogP contribution >= 0.6 is 0 Å². The van der Waals surface area contributed by atoms with Crippen LogP contribution in [0.2, 0.25) is 0 Å². The standard InChI is InChI=1S/C12H23BO2/c14-13-15-12(9-5-2-6-10-12)11-7-3-1-4-8-11/h11,13-14H,1-10H2. The largest absolute Gasteiger partial charge is 0.435 e. The Bertz CT molecular complexity index is 179. The molecule has 2 aliphatic carbocycles. The lowest BCUT2D eigenvalue weighted by Crippen LogP contribution is -2.44. The molecule has 0 unspecified atom stereocenters. The molecule has 2 rings (SSSR count). The number of rotatable bonds is 3. The summed E-state index contributed by atoms with van der Waals surface area (Å²) in [7, 11) is -0.0868. The summed E-state index contributed by atoms with van der Waals surface area (Å²) in [5, 5.41) is 9.09. The van der Waals surface area contributed by atoms with Crippen molar-refractivity contribution in [1.29, 1.82) is 0 Å². The summed E-state index contributed by atoms with van der Waals surface area (Å²) in [5.41, 5.74) is 0.0490. The van der Waals surface area contributed by atoms with E-state index in [1.54, 1.807) is 0 Å². The van der Waals surface area contributed by atoms with Crippen LogP contribution in [0.25, 0.3) is 0 Å². The first-order valence-corrected chi connectivity index (χ1v) is 6.62. The molecule has 2 aliphatic rings. The van der Waals surface area contributed by atoms with Crippen molar-refractivity contribution >= 4 is 7.69 Å². The van der Waals surface area contributed by atoms with Gasteiger partial charge in [0.2, 0.25) is 0 Å². The van der Waals surface area contributed by atoms with Gasteiger partial charge in [0.05, 0.1) is 5.60 Å². The minimum atomic E-state index is -0.0868. The van der Waals surface area contributed by atoms with Gasteiger partial charge in [-0.15, -0.1) is 0 Å². The molecule has 0 radical (unpaired) electrons. The van der Waals surface area contributed by atoms with E-state index in [0.29, 0.717) is 0 Å². The van der Waals surface area contributed by atoms with E-state index in [9.17, 15) is 0 Å². The van der Waals surface area contributed by atoms with Crippen molar-refractivity contribution in [2.75, 3.05) is 0 Å².